The van der Waals surface area contributed by atoms with E-state index in [1.807, 2.05) is 48.7 Å². The third-order valence-corrected chi connectivity index (χ3v) is 7.96. The number of thioether (sulfide) groups is 1. The number of aromatic amines is 1. The molecule has 9 heteroatoms. The molecule has 172 valence electrons. The van der Waals surface area contributed by atoms with Crippen molar-refractivity contribution in [1.82, 2.24) is 0 Å². The van der Waals surface area contributed by atoms with Gasteiger partial charge in [-0.25, -0.2) is 4.98 Å². The van der Waals surface area contributed by atoms with Gasteiger partial charge >= 0.3 is 0 Å². The fraction of sp³-hybridized carbons (Fsp3) is 0.250. The van der Waals surface area contributed by atoms with E-state index < -0.39 is 0 Å². The molecule has 0 bridgehead atoms. The van der Waals surface area contributed by atoms with Crippen molar-refractivity contribution >= 4 is 64.0 Å². The molecular formula is C24H25Cl3N4OS+2. The van der Waals surface area contributed by atoms with E-state index in [9.17, 15) is 4.79 Å². The second kappa shape index (κ2) is 11.4. The number of carbonyl (C=O) groups excluding carboxylic acids is 1. The quantitative estimate of drug-likeness (QED) is 0.362. The molecule has 1 aliphatic heterocycles. The Morgan fingerprint density at radius 1 is 1.00 bits per heavy atom. The molecule has 2 heterocycles. The summed E-state index contributed by atoms with van der Waals surface area (Å²) in [6, 6.07) is 17.6. The van der Waals surface area contributed by atoms with Gasteiger partial charge in [-0.2, -0.15) is 0 Å². The summed E-state index contributed by atoms with van der Waals surface area (Å²) in [5.41, 5.74) is 1.73. The van der Waals surface area contributed by atoms with Gasteiger partial charge < -0.3 is 10.2 Å². The number of H-pyrrole nitrogens is 1. The summed E-state index contributed by atoms with van der Waals surface area (Å²) in [7, 11) is 0. The topological polar surface area (TPSA) is 50.9 Å². The highest BCUT2D eigenvalue weighted by Gasteiger charge is 2.27. The van der Waals surface area contributed by atoms with Crippen LogP contribution in [0, 0.1) is 0 Å². The minimum atomic E-state index is 0.0349. The molecule has 3 aromatic rings. The van der Waals surface area contributed by atoms with Crippen LogP contribution in [0.2, 0.25) is 15.1 Å². The molecule has 2 aromatic carbocycles. The van der Waals surface area contributed by atoms with Gasteiger partial charge in [0.1, 0.15) is 26.2 Å². The number of anilines is 2. The number of hydrogen-bond acceptors (Lipinski definition) is 3. The monoisotopic (exact) mass is 522 g/mol. The highest BCUT2D eigenvalue weighted by Crippen LogP contribution is 2.35. The molecule has 1 amide bonds. The first-order valence-corrected chi connectivity index (χ1v) is 12.8. The van der Waals surface area contributed by atoms with Crippen LogP contribution in [0.5, 0.6) is 0 Å². The Balaban J connectivity index is 1.23. The van der Waals surface area contributed by atoms with E-state index in [1.54, 1.807) is 17.8 Å². The lowest BCUT2D eigenvalue weighted by molar-refractivity contribution is -0.892. The van der Waals surface area contributed by atoms with Crippen LogP contribution in [0.3, 0.4) is 0 Å². The molecule has 3 N–H and O–H groups in total. The lowest BCUT2D eigenvalue weighted by Crippen LogP contribution is -3.15. The van der Waals surface area contributed by atoms with Gasteiger partial charge in [0, 0.05) is 22.4 Å². The van der Waals surface area contributed by atoms with Crippen molar-refractivity contribution in [3.8, 4) is 0 Å². The Labute approximate surface area is 213 Å². The van der Waals surface area contributed by atoms with E-state index in [4.69, 9.17) is 34.8 Å². The minimum Gasteiger partial charge on any atom is -0.321 e. The molecule has 0 saturated carbocycles. The Bertz CT molecular complexity index is 1090. The van der Waals surface area contributed by atoms with Gasteiger partial charge in [-0.3, -0.25) is 9.69 Å². The van der Waals surface area contributed by atoms with Crippen molar-refractivity contribution in [1.29, 1.82) is 0 Å². The zero-order chi connectivity index (χ0) is 23.2. The van der Waals surface area contributed by atoms with Crippen molar-refractivity contribution in [3.05, 3.63) is 81.4 Å². The van der Waals surface area contributed by atoms with E-state index in [1.165, 1.54) is 4.90 Å². The van der Waals surface area contributed by atoms with Gasteiger partial charge in [0.25, 0.3) is 11.7 Å². The number of rotatable bonds is 7. The van der Waals surface area contributed by atoms with E-state index in [0.29, 0.717) is 27.4 Å². The average Bonchev–Trinajstić information content (AvgIpc) is 2.84. The molecular weight excluding hydrogens is 499 g/mol. The van der Waals surface area contributed by atoms with E-state index in [2.05, 4.69) is 21.3 Å². The number of quaternary nitrogens is 1. The lowest BCUT2D eigenvalue weighted by atomic mass is 10.2. The van der Waals surface area contributed by atoms with E-state index in [0.717, 1.165) is 48.1 Å². The second-order valence-electron chi connectivity index (χ2n) is 7.86. The number of piperazine rings is 1. The number of aromatic nitrogens is 1. The number of amides is 1. The van der Waals surface area contributed by atoms with Crippen LogP contribution in [0.4, 0.5) is 11.5 Å². The zero-order valence-corrected chi connectivity index (χ0v) is 21.0. The van der Waals surface area contributed by atoms with Gasteiger partial charge in [0.15, 0.2) is 6.54 Å². The van der Waals surface area contributed by atoms with Crippen molar-refractivity contribution in [2.45, 2.75) is 10.6 Å². The first-order chi connectivity index (χ1) is 16.0. The fourth-order valence-electron chi connectivity index (χ4n) is 3.73. The normalized spacial score (nSPS) is 14.3. The van der Waals surface area contributed by atoms with Crippen LogP contribution in [0.25, 0.3) is 0 Å². The largest absolute Gasteiger partial charge is 0.321 e. The highest BCUT2D eigenvalue weighted by molar-refractivity contribution is 7.98. The third kappa shape index (κ3) is 6.55. The summed E-state index contributed by atoms with van der Waals surface area (Å²) in [6.07, 6.45) is 1.94. The summed E-state index contributed by atoms with van der Waals surface area (Å²) in [4.78, 5) is 20.5. The molecule has 0 unspecified atom stereocenters. The molecule has 5 nitrogen and oxygen atoms in total. The van der Waals surface area contributed by atoms with Crippen molar-refractivity contribution in [2.24, 2.45) is 0 Å². The first-order valence-electron chi connectivity index (χ1n) is 10.7. The number of benzene rings is 2. The fourth-order valence-corrected chi connectivity index (χ4v) is 5.32. The predicted octanol–water partition coefficient (Wildman–Crippen LogP) is 4.10. The van der Waals surface area contributed by atoms with Crippen LogP contribution < -0.4 is 20.1 Å². The highest BCUT2D eigenvalue weighted by atomic mass is 35.5. The molecule has 4 rings (SSSR count). The lowest BCUT2D eigenvalue weighted by Gasteiger charge is -2.27. The summed E-state index contributed by atoms with van der Waals surface area (Å²) >= 11 is 20.0. The number of carbonyl (C=O) groups is 1. The summed E-state index contributed by atoms with van der Waals surface area (Å²) < 4.78 is 0. The Morgan fingerprint density at radius 2 is 1.76 bits per heavy atom. The van der Waals surface area contributed by atoms with Crippen LogP contribution in [-0.2, 0) is 10.5 Å². The SMILES string of the molecule is O=C(C[NH+]1CCN(c2cccc[nH+]2)CC1)Nc1ccc(SCc2ccc(Cl)c(Cl)c2Cl)cc1. The Morgan fingerprint density at radius 3 is 2.45 bits per heavy atom. The number of hydrogen-bond donors (Lipinski definition) is 2. The van der Waals surface area contributed by atoms with Crippen LogP contribution >= 0.6 is 46.6 Å². The summed E-state index contributed by atoms with van der Waals surface area (Å²) in [6.45, 7) is 4.19. The molecule has 0 aliphatic carbocycles. The standard InChI is InChI=1S/C24H23Cl3N4OS/c25-20-9-4-17(23(26)24(20)27)16-33-19-7-5-18(6-8-19)29-22(32)15-30-11-13-31(14-12-30)21-3-1-2-10-28-21/h1-10H,11-16H2,(H,29,32)/p+2. The summed E-state index contributed by atoms with van der Waals surface area (Å²) in [5.74, 6) is 1.84. The van der Waals surface area contributed by atoms with Crippen molar-refractivity contribution < 1.29 is 14.7 Å². The van der Waals surface area contributed by atoms with Crippen molar-refractivity contribution in [2.75, 3.05) is 42.9 Å². The van der Waals surface area contributed by atoms with Crippen molar-refractivity contribution in [3.63, 3.8) is 0 Å². The maximum Gasteiger partial charge on any atom is 0.279 e. The minimum absolute atomic E-state index is 0.0349. The maximum atomic E-state index is 12.5. The molecule has 0 atom stereocenters. The Kier molecular flexibility index (Phi) is 8.39. The number of nitrogens with one attached hydrogen (secondary N) is 3. The smallest absolute Gasteiger partial charge is 0.279 e. The molecule has 1 fully saturated rings. The number of nitrogens with zero attached hydrogens (tertiary/aromatic N) is 1. The van der Waals surface area contributed by atoms with Gasteiger partial charge in [-0.1, -0.05) is 46.9 Å². The molecule has 1 aliphatic rings. The average molecular weight is 524 g/mol. The van der Waals surface area contributed by atoms with Gasteiger partial charge in [-0.05, 0) is 42.0 Å². The molecule has 1 saturated heterocycles. The zero-order valence-electron chi connectivity index (χ0n) is 17.9. The van der Waals surface area contributed by atoms with Gasteiger partial charge in [0.05, 0.1) is 21.3 Å². The third-order valence-electron chi connectivity index (χ3n) is 5.56. The number of pyridine rings is 1. The van der Waals surface area contributed by atoms with E-state index in [-0.39, 0.29) is 5.91 Å². The Hall–Kier alpha value is -1.96. The van der Waals surface area contributed by atoms with Gasteiger partial charge in [-0.15, -0.1) is 11.8 Å². The predicted molar refractivity (Wildman–Crippen MR) is 137 cm³/mol. The number of halogens is 3. The van der Waals surface area contributed by atoms with E-state index >= 15 is 0 Å². The maximum absolute atomic E-state index is 12.5. The molecule has 0 radical (unpaired) electrons. The first kappa shape index (κ1) is 24.2. The molecule has 1 aromatic heterocycles. The molecule has 0 spiro atoms. The van der Waals surface area contributed by atoms with Gasteiger partial charge in [0.2, 0.25) is 0 Å². The molecule has 33 heavy (non-hydrogen) atoms. The summed E-state index contributed by atoms with van der Waals surface area (Å²) in [5, 5.41) is 4.34. The van der Waals surface area contributed by atoms with Crippen LogP contribution in [0.1, 0.15) is 5.56 Å². The van der Waals surface area contributed by atoms with Crippen LogP contribution in [0.15, 0.2) is 65.7 Å². The second-order valence-corrected chi connectivity index (χ2v) is 10.1. The van der Waals surface area contributed by atoms with Crippen LogP contribution in [-0.4, -0.2) is 38.6 Å².